The molecule has 4 N–H and O–H groups in total. The van der Waals surface area contributed by atoms with Crippen molar-refractivity contribution in [3.63, 3.8) is 0 Å². The number of carbonyl (C=O) groups is 1. The van der Waals surface area contributed by atoms with E-state index in [0.29, 0.717) is 0 Å². The van der Waals surface area contributed by atoms with Gasteiger partial charge in [-0.1, -0.05) is 6.07 Å². The van der Waals surface area contributed by atoms with Crippen molar-refractivity contribution in [3.8, 4) is 0 Å². The zero-order chi connectivity index (χ0) is 15.1. The molecule has 2 rings (SSSR count). The highest BCUT2D eigenvalue weighted by molar-refractivity contribution is 6.05. The fourth-order valence-corrected chi connectivity index (χ4v) is 1.81. The van der Waals surface area contributed by atoms with Crippen LogP contribution in [-0.4, -0.2) is 28.8 Å². The van der Waals surface area contributed by atoms with Crippen molar-refractivity contribution in [2.24, 2.45) is 5.73 Å². The van der Waals surface area contributed by atoms with Crippen molar-refractivity contribution >= 4 is 22.8 Å². The predicted octanol–water partition coefficient (Wildman–Crippen LogP) is 2.15. The molecular formula is C12H11F3N4O. The van der Waals surface area contributed by atoms with Crippen LogP contribution in [0.15, 0.2) is 24.3 Å². The number of nitrogens with two attached hydrogens (primary N) is 1. The number of nitrogens with zero attached hydrogens (tertiary/aromatic N) is 1. The summed E-state index contributed by atoms with van der Waals surface area (Å²) in [6.45, 7) is 0. The minimum Gasteiger partial charge on any atom is -0.370 e. The number of aromatic nitrogens is 1. The molecule has 0 atom stereocenters. The zero-order valence-electron chi connectivity index (χ0n) is 10.4. The molecule has 106 valence electrons. The van der Waals surface area contributed by atoms with Crippen LogP contribution in [-0.2, 0) is 6.18 Å². The van der Waals surface area contributed by atoms with Gasteiger partial charge in [-0.05, 0) is 18.2 Å². The molecule has 5 nitrogen and oxygen atoms in total. The maximum atomic E-state index is 12.9. The number of rotatable bonds is 1. The maximum absolute atomic E-state index is 12.9. The molecule has 0 radical (unpaired) electrons. The van der Waals surface area contributed by atoms with E-state index in [1.807, 2.05) is 0 Å². The van der Waals surface area contributed by atoms with E-state index in [1.54, 1.807) is 0 Å². The second-order valence-electron chi connectivity index (χ2n) is 4.20. The number of fused-ring (bicyclic) bond motifs is 1. The van der Waals surface area contributed by atoms with Crippen molar-refractivity contribution in [2.45, 2.75) is 6.18 Å². The molecule has 8 heteroatoms. The van der Waals surface area contributed by atoms with Gasteiger partial charge in [-0.15, -0.1) is 0 Å². The second kappa shape index (κ2) is 4.55. The van der Waals surface area contributed by atoms with Gasteiger partial charge in [-0.3, -0.25) is 15.1 Å². The number of alkyl halides is 3. The van der Waals surface area contributed by atoms with Crippen LogP contribution in [0, 0.1) is 5.41 Å². The third-order valence-corrected chi connectivity index (χ3v) is 2.87. The highest BCUT2D eigenvalue weighted by Gasteiger charge is 2.33. The number of carbonyl (C=O) groups excluding carboxylic acids is 1. The zero-order valence-corrected chi connectivity index (χ0v) is 10.4. The summed E-state index contributed by atoms with van der Waals surface area (Å²) in [5.74, 6) is -1.17. The summed E-state index contributed by atoms with van der Waals surface area (Å²) in [6.07, 6.45) is -4.51. The number of amides is 1. The summed E-state index contributed by atoms with van der Waals surface area (Å²) >= 11 is 0. The SMILES string of the molecule is CN(C(=N)N)C(=O)c1cc2c(C(F)(F)F)cccc2[nH]1. The molecule has 0 saturated carbocycles. The first-order valence-electron chi connectivity index (χ1n) is 5.53. The van der Waals surface area contributed by atoms with Gasteiger partial charge >= 0.3 is 6.18 Å². The maximum Gasteiger partial charge on any atom is 0.417 e. The number of H-pyrrole nitrogens is 1. The molecule has 1 aromatic heterocycles. The average molecular weight is 284 g/mol. The first-order valence-corrected chi connectivity index (χ1v) is 5.53. The van der Waals surface area contributed by atoms with Crippen LogP contribution >= 0.6 is 0 Å². The summed E-state index contributed by atoms with van der Waals surface area (Å²) in [4.78, 5) is 15.3. The summed E-state index contributed by atoms with van der Waals surface area (Å²) in [5, 5.41) is 7.05. The minimum absolute atomic E-state index is 0.0607. The number of hydrogen-bond donors (Lipinski definition) is 3. The Bertz CT molecular complexity index is 690. The molecule has 2 aromatic rings. The van der Waals surface area contributed by atoms with Crippen LogP contribution in [0.25, 0.3) is 10.9 Å². The van der Waals surface area contributed by atoms with Crippen LogP contribution < -0.4 is 5.73 Å². The summed E-state index contributed by atoms with van der Waals surface area (Å²) < 4.78 is 38.6. The monoisotopic (exact) mass is 284 g/mol. The third kappa shape index (κ3) is 2.31. The van der Waals surface area contributed by atoms with Gasteiger partial charge in [0.25, 0.3) is 5.91 Å². The number of benzene rings is 1. The molecule has 0 aliphatic heterocycles. The predicted molar refractivity (Wildman–Crippen MR) is 67.3 cm³/mol. The Kier molecular flexibility index (Phi) is 3.16. The Morgan fingerprint density at radius 1 is 1.40 bits per heavy atom. The van der Waals surface area contributed by atoms with E-state index in [0.717, 1.165) is 17.0 Å². The van der Waals surface area contributed by atoms with Gasteiger partial charge in [0.2, 0.25) is 0 Å². The van der Waals surface area contributed by atoms with Crippen molar-refractivity contribution in [2.75, 3.05) is 7.05 Å². The fraction of sp³-hybridized carbons (Fsp3) is 0.167. The smallest absolute Gasteiger partial charge is 0.370 e. The third-order valence-electron chi connectivity index (χ3n) is 2.87. The van der Waals surface area contributed by atoms with Crippen LogP contribution in [0.2, 0.25) is 0 Å². The molecule has 0 unspecified atom stereocenters. The topological polar surface area (TPSA) is 86.0 Å². The fourth-order valence-electron chi connectivity index (χ4n) is 1.81. The van der Waals surface area contributed by atoms with E-state index in [1.165, 1.54) is 19.2 Å². The van der Waals surface area contributed by atoms with Crippen molar-refractivity contribution in [1.29, 1.82) is 5.41 Å². The molecule has 1 amide bonds. The first kappa shape index (κ1) is 13.9. The Morgan fingerprint density at radius 2 is 2.05 bits per heavy atom. The quantitative estimate of drug-likeness (QED) is 0.553. The van der Waals surface area contributed by atoms with Gasteiger partial charge in [-0.2, -0.15) is 13.2 Å². The molecule has 0 saturated heterocycles. The van der Waals surface area contributed by atoms with Crippen LogP contribution in [0.5, 0.6) is 0 Å². The lowest BCUT2D eigenvalue weighted by Crippen LogP contribution is -2.38. The van der Waals surface area contributed by atoms with E-state index in [4.69, 9.17) is 11.1 Å². The van der Waals surface area contributed by atoms with Crippen LogP contribution in [0.1, 0.15) is 16.1 Å². The van der Waals surface area contributed by atoms with E-state index < -0.39 is 23.6 Å². The molecule has 0 fully saturated rings. The molecule has 0 aliphatic rings. The van der Waals surface area contributed by atoms with E-state index >= 15 is 0 Å². The Hall–Kier alpha value is -2.51. The van der Waals surface area contributed by atoms with E-state index in [9.17, 15) is 18.0 Å². The molecule has 1 aromatic carbocycles. The summed E-state index contributed by atoms with van der Waals surface area (Å²) in [6, 6.07) is 4.75. The Labute approximate surface area is 111 Å². The molecule has 20 heavy (non-hydrogen) atoms. The van der Waals surface area contributed by atoms with Gasteiger partial charge in [0.15, 0.2) is 5.96 Å². The molecule has 0 bridgehead atoms. The lowest BCUT2D eigenvalue weighted by Gasteiger charge is -2.12. The van der Waals surface area contributed by atoms with Crippen LogP contribution in [0.4, 0.5) is 13.2 Å². The van der Waals surface area contributed by atoms with Gasteiger partial charge in [0, 0.05) is 18.0 Å². The largest absolute Gasteiger partial charge is 0.417 e. The lowest BCUT2D eigenvalue weighted by atomic mass is 10.1. The van der Waals surface area contributed by atoms with Gasteiger partial charge in [0.05, 0.1) is 5.56 Å². The van der Waals surface area contributed by atoms with Crippen molar-refractivity contribution < 1.29 is 18.0 Å². The molecule has 0 spiro atoms. The molecule has 1 heterocycles. The lowest BCUT2D eigenvalue weighted by molar-refractivity contribution is -0.136. The van der Waals surface area contributed by atoms with E-state index in [2.05, 4.69) is 4.98 Å². The minimum atomic E-state index is -4.51. The normalized spacial score (nSPS) is 11.6. The van der Waals surface area contributed by atoms with E-state index in [-0.39, 0.29) is 16.6 Å². The number of halogens is 3. The standard InChI is InChI=1S/C12H11F3N4O/c1-19(11(16)17)10(20)9-5-6-7(12(13,14)15)3-2-4-8(6)18-9/h2-5,18H,1H3,(H3,16,17). The highest BCUT2D eigenvalue weighted by Crippen LogP contribution is 2.35. The summed E-state index contributed by atoms with van der Waals surface area (Å²) in [7, 11) is 1.26. The first-order chi connectivity index (χ1) is 9.21. The van der Waals surface area contributed by atoms with Crippen molar-refractivity contribution in [1.82, 2.24) is 9.88 Å². The van der Waals surface area contributed by atoms with Gasteiger partial charge in [-0.25, -0.2) is 0 Å². The molecule has 0 aliphatic carbocycles. The van der Waals surface area contributed by atoms with Gasteiger partial charge < -0.3 is 10.7 Å². The Balaban J connectivity index is 2.55. The van der Waals surface area contributed by atoms with Gasteiger partial charge in [0.1, 0.15) is 5.69 Å². The Morgan fingerprint density at radius 3 is 2.60 bits per heavy atom. The number of nitrogens with one attached hydrogen (secondary N) is 2. The number of guanidine groups is 1. The van der Waals surface area contributed by atoms with Crippen molar-refractivity contribution in [3.05, 3.63) is 35.5 Å². The second-order valence-corrected chi connectivity index (χ2v) is 4.20. The number of aromatic amines is 1. The molecular weight excluding hydrogens is 273 g/mol. The van der Waals surface area contributed by atoms with Crippen LogP contribution in [0.3, 0.4) is 0 Å². The number of hydrogen-bond acceptors (Lipinski definition) is 2. The average Bonchev–Trinajstić information content (AvgIpc) is 2.78. The highest BCUT2D eigenvalue weighted by atomic mass is 19.4. The summed E-state index contributed by atoms with van der Waals surface area (Å²) in [5.41, 5.74) is 4.47.